The van der Waals surface area contributed by atoms with Gasteiger partial charge in [-0.15, -0.1) is 0 Å². The van der Waals surface area contributed by atoms with Gasteiger partial charge in [-0.25, -0.2) is 0 Å². The lowest BCUT2D eigenvalue weighted by Crippen LogP contribution is -2.37. The van der Waals surface area contributed by atoms with Crippen LogP contribution in [0.3, 0.4) is 0 Å². The van der Waals surface area contributed by atoms with Gasteiger partial charge in [0, 0.05) is 0 Å². The molecule has 8 nitrogen and oxygen atoms in total. The molecular formula is C16H11N5O3. The number of nitrogens with zero attached hydrogens (tertiary/aromatic N) is 3. The fourth-order valence-corrected chi connectivity index (χ4v) is 2.68. The lowest BCUT2D eigenvalue weighted by Gasteiger charge is -2.13. The summed E-state index contributed by atoms with van der Waals surface area (Å²) in [6.45, 7) is -0.361. The van der Waals surface area contributed by atoms with Crippen molar-refractivity contribution in [2.75, 3.05) is 11.9 Å². The number of rotatable bonds is 3. The molecule has 0 radical (unpaired) electrons. The van der Waals surface area contributed by atoms with Gasteiger partial charge in [0.2, 0.25) is 5.91 Å². The Labute approximate surface area is 135 Å². The molecule has 3 amide bonds. The van der Waals surface area contributed by atoms with E-state index in [1.165, 1.54) is 0 Å². The van der Waals surface area contributed by atoms with Crippen molar-refractivity contribution < 1.29 is 14.4 Å². The smallest absolute Gasteiger partial charge is 0.262 e. The highest BCUT2D eigenvalue weighted by Gasteiger charge is 2.36. The number of carbonyl (C=O) groups excluding carboxylic acids is 3. The molecule has 0 spiro atoms. The Balaban J connectivity index is 1.54. The van der Waals surface area contributed by atoms with Gasteiger partial charge in [0.15, 0.2) is 0 Å². The minimum absolute atomic E-state index is 0.314. The number of hydrogen-bond donors (Lipinski definition) is 2. The van der Waals surface area contributed by atoms with Crippen molar-refractivity contribution in [1.82, 2.24) is 20.3 Å². The Morgan fingerprint density at radius 2 is 1.71 bits per heavy atom. The third-order valence-electron chi connectivity index (χ3n) is 3.80. The Hall–Kier alpha value is -3.55. The molecule has 1 aliphatic heterocycles. The number of fused-ring (bicyclic) bond motifs is 2. The number of carbonyl (C=O) groups is 3. The molecule has 2 aromatic carbocycles. The van der Waals surface area contributed by atoms with Crippen molar-refractivity contribution >= 4 is 34.4 Å². The molecule has 4 rings (SSSR count). The van der Waals surface area contributed by atoms with E-state index in [4.69, 9.17) is 0 Å². The van der Waals surface area contributed by atoms with Crippen LogP contribution in [-0.2, 0) is 4.79 Å². The van der Waals surface area contributed by atoms with Crippen molar-refractivity contribution in [3.05, 3.63) is 53.6 Å². The molecule has 3 aromatic rings. The van der Waals surface area contributed by atoms with E-state index in [-0.39, 0.29) is 6.54 Å². The molecule has 0 fully saturated rings. The third-order valence-corrected chi connectivity index (χ3v) is 3.80. The van der Waals surface area contributed by atoms with E-state index in [1.54, 1.807) is 42.5 Å². The summed E-state index contributed by atoms with van der Waals surface area (Å²) in [5, 5.41) is 13.0. The van der Waals surface area contributed by atoms with Gasteiger partial charge in [-0.3, -0.25) is 19.3 Å². The number of hydrogen-bond acceptors (Lipinski definition) is 5. The van der Waals surface area contributed by atoms with E-state index in [9.17, 15) is 14.4 Å². The lowest BCUT2D eigenvalue weighted by atomic mass is 10.1. The molecule has 0 aliphatic carbocycles. The second kappa shape index (κ2) is 5.27. The maximum Gasteiger partial charge on any atom is 0.262 e. The highest BCUT2D eigenvalue weighted by molar-refractivity contribution is 6.22. The predicted molar refractivity (Wildman–Crippen MR) is 84.3 cm³/mol. The Bertz CT molecular complexity index is 959. The van der Waals surface area contributed by atoms with Gasteiger partial charge in [0.05, 0.1) is 16.8 Å². The summed E-state index contributed by atoms with van der Waals surface area (Å²) in [5.41, 5.74) is 2.20. The van der Waals surface area contributed by atoms with Gasteiger partial charge in [0.25, 0.3) is 11.8 Å². The summed E-state index contributed by atoms with van der Waals surface area (Å²) in [6.07, 6.45) is 0. The van der Waals surface area contributed by atoms with Crippen molar-refractivity contribution in [2.45, 2.75) is 0 Å². The number of H-pyrrole nitrogens is 1. The topological polar surface area (TPSA) is 108 Å². The first-order valence-corrected chi connectivity index (χ1v) is 7.20. The molecule has 0 saturated heterocycles. The van der Waals surface area contributed by atoms with Crippen molar-refractivity contribution in [3.63, 3.8) is 0 Å². The molecule has 1 aliphatic rings. The van der Waals surface area contributed by atoms with Crippen LogP contribution in [0.2, 0.25) is 0 Å². The van der Waals surface area contributed by atoms with Crippen LogP contribution in [-0.4, -0.2) is 44.6 Å². The zero-order valence-corrected chi connectivity index (χ0v) is 12.3. The number of imide groups is 1. The van der Waals surface area contributed by atoms with Gasteiger partial charge < -0.3 is 5.32 Å². The summed E-state index contributed by atoms with van der Waals surface area (Å²) in [5.74, 6) is -1.42. The van der Waals surface area contributed by atoms with Gasteiger partial charge in [-0.1, -0.05) is 18.2 Å². The number of para-hydroxylation sites is 1. The quantitative estimate of drug-likeness (QED) is 0.705. The normalized spacial score (nSPS) is 13.4. The van der Waals surface area contributed by atoms with E-state index in [0.717, 1.165) is 4.90 Å². The van der Waals surface area contributed by atoms with E-state index in [2.05, 4.69) is 20.7 Å². The first-order valence-electron chi connectivity index (χ1n) is 7.20. The third kappa shape index (κ3) is 2.12. The van der Waals surface area contributed by atoms with Gasteiger partial charge in [-0.05, 0) is 24.3 Å². The summed E-state index contributed by atoms with van der Waals surface area (Å²) in [7, 11) is 0. The Morgan fingerprint density at radius 3 is 2.42 bits per heavy atom. The number of amides is 3. The highest BCUT2D eigenvalue weighted by Crippen LogP contribution is 2.23. The minimum Gasteiger partial charge on any atom is -0.323 e. The molecule has 8 heteroatoms. The van der Waals surface area contributed by atoms with Crippen LogP contribution in [0.1, 0.15) is 20.7 Å². The summed E-state index contributed by atoms with van der Waals surface area (Å²) < 4.78 is 0. The van der Waals surface area contributed by atoms with Crippen LogP contribution in [0.5, 0.6) is 0 Å². The average molecular weight is 321 g/mol. The average Bonchev–Trinajstić information content (AvgIpc) is 3.16. The monoisotopic (exact) mass is 321 g/mol. The summed E-state index contributed by atoms with van der Waals surface area (Å²) in [6, 6.07) is 11.6. The highest BCUT2D eigenvalue weighted by atomic mass is 16.2. The fourth-order valence-electron chi connectivity index (χ4n) is 2.68. The van der Waals surface area contributed by atoms with Gasteiger partial charge >= 0.3 is 0 Å². The summed E-state index contributed by atoms with van der Waals surface area (Å²) in [4.78, 5) is 37.7. The second-order valence-electron chi connectivity index (χ2n) is 5.29. The SMILES string of the molecule is O=C(CN1C(=O)c2ccccc2C1=O)Nc1cccc2n[nH]nc12. The molecule has 1 aromatic heterocycles. The van der Waals surface area contributed by atoms with Crippen LogP contribution in [0.25, 0.3) is 11.0 Å². The van der Waals surface area contributed by atoms with Crippen LogP contribution in [0.15, 0.2) is 42.5 Å². The molecule has 0 atom stereocenters. The second-order valence-corrected chi connectivity index (χ2v) is 5.29. The number of aromatic nitrogens is 3. The van der Waals surface area contributed by atoms with Gasteiger partial charge in [-0.2, -0.15) is 15.4 Å². The van der Waals surface area contributed by atoms with Gasteiger partial charge in [0.1, 0.15) is 17.6 Å². The first-order chi connectivity index (χ1) is 11.6. The zero-order chi connectivity index (χ0) is 16.7. The van der Waals surface area contributed by atoms with E-state index < -0.39 is 17.7 Å². The van der Waals surface area contributed by atoms with E-state index in [0.29, 0.717) is 27.8 Å². The standard InChI is InChI=1S/C16H11N5O3/c22-13(17-11-6-3-7-12-14(11)19-20-18-12)8-21-15(23)9-4-1-2-5-10(9)16(21)24/h1-7H,8H2,(H,17,22)(H,18,19,20). The minimum atomic E-state index is -0.486. The number of nitrogens with one attached hydrogen (secondary N) is 2. The van der Waals surface area contributed by atoms with E-state index in [1.807, 2.05) is 0 Å². The molecule has 2 N–H and O–H groups in total. The van der Waals surface area contributed by atoms with Crippen LogP contribution in [0.4, 0.5) is 5.69 Å². The maximum absolute atomic E-state index is 12.3. The van der Waals surface area contributed by atoms with Crippen LogP contribution >= 0.6 is 0 Å². The van der Waals surface area contributed by atoms with Crippen LogP contribution in [0, 0.1) is 0 Å². The molecule has 0 unspecified atom stereocenters. The number of aromatic amines is 1. The number of benzene rings is 2. The predicted octanol–water partition coefficient (Wildman–Crippen LogP) is 1.19. The van der Waals surface area contributed by atoms with Crippen molar-refractivity contribution in [3.8, 4) is 0 Å². The first kappa shape index (κ1) is 14.1. The van der Waals surface area contributed by atoms with Crippen LogP contribution < -0.4 is 5.32 Å². The Morgan fingerprint density at radius 1 is 1.00 bits per heavy atom. The molecule has 2 heterocycles. The molecule has 24 heavy (non-hydrogen) atoms. The summed E-state index contributed by atoms with van der Waals surface area (Å²) >= 11 is 0. The van der Waals surface area contributed by atoms with Crippen molar-refractivity contribution in [2.24, 2.45) is 0 Å². The molecule has 0 saturated carbocycles. The fraction of sp³-hybridized carbons (Fsp3) is 0.0625. The maximum atomic E-state index is 12.3. The van der Waals surface area contributed by atoms with Crippen molar-refractivity contribution in [1.29, 1.82) is 0 Å². The van der Waals surface area contributed by atoms with E-state index >= 15 is 0 Å². The molecule has 0 bridgehead atoms. The zero-order valence-electron chi connectivity index (χ0n) is 12.3. The molecule has 118 valence electrons. The molecular weight excluding hydrogens is 310 g/mol. The lowest BCUT2D eigenvalue weighted by molar-refractivity contribution is -0.116. The Kier molecular flexibility index (Phi) is 3.09. The number of anilines is 1. The largest absolute Gasteiger partial charge is 0.323 e.